The van der Waals surface area contributed by atoms with Crippen LogP contribution in [0, 0.1) is 11.8 Å². The summed E-state index contributed by atoms with van der Waals surface area (Å²) in [5.41, 5.74) is 1.08. The minimum Gasteiger partial charge on any atom is -0.467 e. The first-order valence-electron chi connectivity index (χ1n) is 12.0. The Bertz CT molecular complexity index is 1140. The van der Waals surface area contributed by atoms with E-state index < -0.39 is 35.2 Å². The van der Waals surface area contributed by atoms with Crippen LogP contribution >= 0.6 is 0 Å². The second-order valence-corrected chi connectivity index (χ2v) is 9.94. The van der Waals surface area contributed by atoms with Gasteiger partial charge in [0.2, 0.25) is 0 Å². The standard InChI is InChI=1S/C29H36N2O6/c1-8-36-19-22-13-11-20(12-14-22)9-10-21-15-17-23(18-16-21)25(32)30-24(26(33)35-7)29(5,6)31-27(34)37-28(2,3)4/h11-18,24H,8,19H2,1-7H3,(H,30,32)(H,31,34)/t24-/m1/s1. The van der Waals surface area contributed by atoms with Crippen LogP contribution < -0.4 is 10.6 Å². The highest BCUT2D eigenvalue weighted by molar-refractivity contribution is 5.97. The molecular weight excluding hydrogens is 472 g/mol. The number of esters is 1. The van der Waals surface area contributed by atoms with Crippen LogP contribution in [0.3, 0.4) is 0 Å². The molecule has 2 aromatic carbocycles. The SMILES string of the molecule is CCOCc1ccc(C#Cc2ccc(C(=O)N[C@H](C(=O)OC)C(C)(C)NC(=O)OC(C)(C)C)cc2)cc1. The molecule has 2 rings (SSSR count). The average molecular weight is 509 g/mol. The zero-order valence-electron chi connectivity index (χ0n) is 22.6. The Morgan fingerprint density at radius 1 is 0.892 bits per heavy atom. The van der Waals surface area contributed by atoms with Crippen molar-refractivity contribution in [3.05, 3.63) is 70.8 Å². The Balaban J connectivity index is 2.10. The lowest BCUT2D eigenvalue weighted by molar-refractivity contribution is -0.144. The van der Waals surface area contributed by atoms with Gasteiger partial charge in [0.1, 0.15) is 11.6 Å². The number of ether oxygens (including phenoxy) is 3. The lowest BCUT2D eigenvalue weighted by atomic mass is 9.94. The van der Waals surface area contributed by atoms with Gasteiger partial charge >= 0.3 is 12.1 Å². The Morgan fingerprint density at radius 2 is 1.43 bits per heavy atom. The summed E-state index contributed by atoms with van der Waals surface area (Å²) in [5.74, 6) is 4.97. The molecular formula is C29H36N2O6. The summed E-state index contributed by atoms with van der Waals surface area (Å²) in [5, 5.41) is 5.30. The highest BCUT2D eigenvalue weighted by Crippen LogP contribution is 2.15. The fraction of sp³-hybridized carbons (Fsp3) is 0.414. The van der Waals surface area contributed by atoms with Crippen molar-refractivity contribution in [2.75, 3.05) is 13.7 Å². The number of benzene rings is 2. The molecule has 0 aromatic heterocycles. The first-order chi connectivity index (χ1) is 17.3. The second kappa shape index (κ2) is 12.9. The van der Waals surface area contributed by atoms with Gasteiger partial charge in [0.15, 0.2) is 0 Å². The zero-order valence-corrected chi connectivity index (χ0v) is 22.6. The van der Waals surface area contributed by atoms with Crippen LogP contribution in [0.4, 0.5) is 4.79 Å². The molecule has 2 N–H and O–H groups in total. The third-order valence-electron chi connectivity index (χ3n) is 5.18. The van der Waals surface area contributed by atoms with E-state index in [1.807, 2.05) is 31.2 Å². The highest BCUT2D eigenvalue weighted by atomic mass is 16.6. The lowest BCUT2D eigenvalue weighted by Crippen LogP contribution is -2.62. The number of carbonyl (C=O) groups is 3. The lowest BCUT2D eigenvalue weighted by Gasteiger charge is -2.34. The average Bonchev–Trinajstić information content (AvgIpc) is 2.83. The van der Waals surface area contributed by atoms with Gasteiger partial charge in [0.25, 0.3) is 5.91 Å². The van der Waals surface area contributed by atoms with Crippen molar-refractivity contribution in [2.24, 2.45) is 0 Å². The van der Waals surface area contributed by atoms with Crippen LogP contribution in [0.15, 0.2) is 48.5 Å². The molecule has 37 heavy (non-hydrogen) atoms. The van der Waals surface area contributed by atoms with Gasteiger partial charge in [-0.15, -0.1) is 0 Å². The third kappa shape index (κ3) is 9.62. The molecule has 2 amide bonds. The van der Waals surface area contributed by atoms with E-state index in [0.717, 1.165) is 16.7 Å². The fourth-order valence-corrected chi connectivity index (χ4v) is 3.26. The quantitative estimate of drug-likeness (QED) is 0.409. The summed E-state index contributed by atoms with van der Waals surface area (Å²) in [6, 6.07) is 13.3. The molecule has 8 nitrogen and oxygen atoms in total. The number of hydrogen-bond donors (Lipinski definition) is 2. The zero-order chi connectivity index (χ0) is 27.6. The van der Waals surface area contributed by atoms with Crippen LogP contribution in [0.1, 0.15) is 68.6 Å². The summed E-state index contributed by atoms with van der Waals surface area (Å²) >= 11 is 0. The molecule has 198 valence electrons. The molecule has 0 aliphatic carbocycles. The van der Waals surface area contributed by atoms with E-state index in [1.54, 1.807) is 58.9 Å². The predicted molar refractivity (Wildman–Crippen MR) is 141 cm³/mol. The first-order valence-corrected chi connectivity index (χ1v) is 12.0. The molecule has 0 heterocycles. The summed E-state index contributed by atoms with van der Waals surface area (Å²) in [6.45, 7) is 11.6. The monoisotopic (exact) mass is 508 g/mol. The normalized spacial score (nSPS) is 12.0. The number of methoxy groups -OCH3 is 1. The van der Waals surface area contributed by atoms with E-state index in [1.165, 1.54) is 7.11 Å². The molecule has 2 aromatic rings. The van der Waals surface area contributed by atoms with Crippen LogP contribution in [-0.4, -0.2) is 48.9 Å². The molecule has 0 fully saturated rings. The van der Waals surface area contributed by atoms with E-state index >= 15 is 0 Å². The fourth-order valence-electron chi connectivity index (χ4n) is 3.26. The van der Waals surface area contributed by atoms with Crippen molar-refractivity contribution in [1.82, 2.24) is 10.6 Å². The van der Waals surface area contributed by atoms with Gasteiger partial charge in [-0.2, -0.15) is 0 Å². The molecule has 0 saturated carbocycles. The first kappa shape index (κ1) is 29.4. The topological polar surface area (TPSA) is 103 Å². The minimum absolute atomic E-state index is 0.327. The minimum atomic E-state index is -1.20. The maximum atomic E-state index is 12.9. The molecule has 0 bridgehead atoms. The summed E-state index contributed by atoms with van der Waals surface area (Å²) in [6.07, 6.45) is -0.715. The predicted octanol–water partition coefficient (Wildman–Crippen LogP) is 4.20. The summed E-state index contributed by atoms with van der Waals surface area (Å²) in [4.78, 5) is 37.7. The molecule has 0 aliphatic heterocycles. The van der Waals surface area contributed by atoms with Crippen molar-refractivity contribution in [1.29, 1.82) is 0 Å². The van der Waals surface area contributed by atoms with Crippen molar-refractivity contribution in [3.8, 4) is 11.8 Å². The van der Waals surface area contributed by atoms with E-state index in [0.29, 0.717) is 18.8 Å². The molecule has 0 aliphatic rings. The van der Waals surface area contributed by atoms with Crippen LogP contribution in [0.2, 0.25) is 0 Å². The number of amides is 2. The van der Waals surface area contributed by atoms with Gasteiger partial charge < -0.3 is 24.8 Å². The number of rotatable bonds is 8. The Hall–Kier alpha value is -3.83. The maximum absolute atomic E-state index is 12.9. The third-order valence-corrected chi connectivity index (χ3v) is 5.18. The Morgan fingerprint density at radius 3 is 1.92 bits per heavy atom. The van der Waals surface area contributed by atoms with Gasteiger partial charge in [0, 0.05) is 23.3 Å². The molecule has 0 saturated heterocycles. The van der Waals surface area contributed by atoms with E-state index in [-0.39, 0.29) is 0 Å². The van der Waals surface area contributed by atoms with Gasteiger partial charge in [-0.05, 0) is 83.5 Å². The second-order valence-electron chi connectivity index (χ2n) is 9.94. The molecule has 0 unspecified atom stereocenters. The van der Waals surface area contributed by atoms with E-state index in [4.69, 9.17) is 14.2 Å². The van der Waals surface area contributed by atoms with E-state index in [2.05, 4.69) is 22.5 Å². The van der Waals surface area contributed by atoms with Gasteiger partial charge in [-0.3, -0.25) is 4.79 Å². The van der Waals surface area contributed by atoms with Gasteiger partial charge in [0.05, 0.1) is 19.3 Å². The van der Waals surface area contributed by atoms with E-state index in [9.17, 15) is 14.4 Å². The van der Waals surface area contributed by atoms with Gasteiger partial charge in [-0.25, -0.2) is 9.59 Å². The number of alkyl carbamates (subject to hydrolysis) is 1. The van der Waals surface area contributed by atoms with Crippen molar-refractivity contribution >= 4 is 18.0 Å². The summed E-state index contributed by atoms with van der Waals surface area (Å²) in [7, 11) is 1.21. The number of hydrogen-bond acceptors (Lipinski definition) is 6. The van der Waals surface area contributed by atoms with Crippen molar-refractivity contribution in [3.63, 3.8) is 0 Å². The number of carbonyl (C=O) groups excluding carboxylic acids is 3. The highest BCUT2D eigenvalue weighted by Gasteiger charge is 2.39. The number of nitrogens with one attached hydrogen (secondary N) is 2. The maximum Gasteiger partial charge on any atom is 0.408 e. The van der Waals surface area contributed by atoms with Gasteiger partial charge in [-0.1, -0.05) is 24.0 Å². The summed E-state index contributed by atoms with van der Waals surface area (Å²) < 4.78 is 15.5. The molecule has 1 atom stereocenters. The molecule has 0 spiro atoms. The Labute approximate surface area is 219 Å². The largest absolute Gasteiger partial charge is 0.467 e. The van der Waals surface area contributed by atoms with Crippen LogP contribution in [-0.2, 0) is 25.6 Å². The van der Waals surface area contributed by atoms with Crippen molar-refractivity contribution in [2.45, 2.75) is 65.3 Å². The van der Waals surface area contributed by atoms with Crippen molar-refractivity contribution < 1.29 is 28.6 Å². The molecule has 8 heteroatoms. The molecule has 0 radical (unpaired) electrons. The Kier molecular flexibility index (Phi) is 10.3. The van der Waals surface area contributed by atoms with Crippen LogP contribution in [0.5, 0.6) is 0 Å². The smallest absolute Gasteiger partial charge is 0.408 e. The van der Waals surface area contributed by atoms with Crippen LogP contribution in [0.25, 0.3) is 0 Å².